The van der Waals surface area contributed by atoms with Gasteiger partial charge in [-0.1, -0.05) is 6.08 Å². The number of methoxy groups -OCH3 is 2. The smallest absolute Gasteiger partial charge is 0.324 e. The summed E-state index contributed by atoms with van der Waals surface area (Å²) >= 11 is 0. The zero-order valence-electron chi connectivity index (χ0n) is 15.3. The average molecular weight is 350 g/mol. The molecular formula is C19H26O6. The second kappa shape index (κ2) is 9.71. The number of allylic oxidation sites excluding steroid dienone is 1. The molecule has 0 unspecified atom stereocenters. The van der Waals surface area contributed by atoms with Crippen LogP contribution in [-0.4, -0.2) is 39.4 Å². The molecule has 0 amide bonds. The molecule has 0 N–H and O–H groups in total. The fraction of sp³-hybridized carbons (Fsp3) is 0.474. The quantitative estimate of drug-likeness (QED) is 0.367. The molecule has 0 aliphatic heterocycles. The summed E-state index contributed by atoms with van der Waals surface area (Å²) in [5.74, 6) is -0.130. The molecule has 0 heterocycles. The number of hydrogen-bond donors (Lipinski definition) is 0. The van der Waals surface area contributed by atoms with E-state index in [1.807, 2.05) is 0 Å². The van der Waals surface area contributed by atoms with Crippen molar-refractivity contribution in [2.24, 2.45) is 5.41 Å². The fourth-order valence-corrected chi connectivity index (χ4v) is 2.57. The zero-order chi connectivity index (χ0) is 18.9. The van der Waals surface area contributed by atoms with E-state index >= 15 is 0 Å². The van der Waals surface area contributed by atoms with E-state index in [1.165, 1.54) is 20.3 Å². The lowest BCUT2D eigenvalue weighted by Gasteiger charge is -2.28. The van der Waals surface area contributed by atoms with Gasteiger partial charge < -0.3 is 18.9 Å². The monoisotopic (exact) mass is 350 g/mol. The minimum absolute atomic E-state index is 0.0875. The highest BCUT2D eigenvalue weighted by molar-refractivity contribution is 6.00. The Morgan fingerprint density at radius 2 is 1.48 bits per heavy atom. The first-order valence-corrected chi connectivity index (χ1v) is 8.14. The summed E-state index contributed by atoms with van der Waals surface area (Å²) < 4.78 is 20.8. The predicted molar refractivity (Wildman–Crippen MR) is 93.8 cm³/mol. The number of esters is 2. The molecule has 0 fully saturated rings. The van der Waals surface area contributed by atoms with Crippen molar-refractivity contribution in [1.82, 2.24) is 0 Å². The molecule has 1 rings (SSSR count). The van der Waals surface area contributed by atoms with Gasteiger partial charge in [0, 0.05) is 6.07 Å². The van der Waals surface area contributed by atoms with Crippen LogP contribution in [0.1, 0.15) is 25.8 Å². The van der Waals surface area contributed by atoms with E-state index in [-0.39, 0.29) is 26.1 Å². The Kier molecular flexibility index (Phi) is 7.98. The Balaban J connectivity index is 3.38. The zero-order valence-corrected chi connectivity index (χ0v) is 15.3. The standard InChI is InChI=1S/C19H26O6/c1-6-9-19(17(20)24-7-2,18(21)25-8-3)13-14-10-15(22-4)12-16(11-14)23-5/h6,10-12H,1,7-9,13H2,2-5H3. The maximum atomic E-state index is 12.7. The minimum Gasteiger partial charge on any atom is -0.497 e. The largest absolute Gasteiger partial charge is 0.497 e. The Morgan fingerprint density at radius 1 is 1.00 bits per heavy atom. The molecule has 6 heteroatoms. The van der Waals surface area contributed by atoms with Crippen molar-refractivity contribution in [3.8, 4) is 11.5 Å². The summed E-state index contributed by atoms with van der Waals surface area (Å²) in [4.78, 5) is 25.3. The van der Waals surface area contributed by atoms with Crippen LogP contribution in [0, 0.1) is 5.41 Å². The van der Waals surface area contributed by atoms with Crippen LogP contribution in [0.2, 0.25) is 0 Å². The predicted octanol–water partition coefficient (Wildman–Crippen LogP) is 2.94. The maximum absolute atomic E-state index is 12.7. The van der Waals surface area contributed by atoms with Gasteiger partial charge in [0.2, 0.25) is 0 Å². The minimum atomic E-state index is -1.49. The highest BCUT2D eigenvalue weighted by Gasteiger charge is 2.48. The molecule has 0 spiro atoms. The Bertz CT molecular complexity index is 568. The average Bonchev–Trinajstić information content (AvgIpc) is 2.61. The van der Waals surface area contributed by atoms with Gasteiger partial charge in [0.25, 0.3) is 0 Å². The van der Waals surface area contributed by atoms with Crippen molar-refractivity contribution in [2.75, 3.05) is 27.4 Å². The van der Waals surface area contributed by atoms with Gasteiger partial charge in [-0.15, -0.1) is 6.58 Å². The summed E-state index contributed by atoms with van der Waals surface area (Å²) in [7, 11) is 3.07. The third-order valence-electron chi connectivity index (χ3n) is 3.74. The van der Waals surface area contributed by atoms with E-state index in [2.05, 4.69) is 6.58 Å². The molecule has 0 saturated carbocycles. The highest BCUT2D eigenvalue weighted by Crippen LogP contribution is 2.34. The summed E-state index contributed by atoms with van der Waals surface area (Å²) in [5, 5.41) is 0. The van der Waals surface area contributed by atoms with Gasteiger partial charge in [0.15, 0.2) is 5.41 Å². The van der Waals surface area contributed by atoms with Crippen LogP contribution in [0.15, 0.2) is 30.9 Å². The lowest BCUT2D eigenvalue weighted by Crippen LogP contribution is -2.43. The van der Waals surface area contributed by atoms with Crippen LogP contribution in [0.5, 0.6) is 11.5 Å². The number of carbonyl (C=O) groups excluding carboxylic acids is 2. The number of benzene rings is 1. The third kappa shape index (κ3) is 4.98. The molecular weight excluding hydrogens is 324 g/mol. The van der Waals surface area contributed by atoms with Crippen LogP contribution in [0.3, 0.4) is 0 Å². The van der Waals surface area contributed by atoms with Gasteiger partial charge in [-0.3, -0.25) is 9.59 Å². The molecule has 1 aromatic carbocycles. The summed E-state index contributed by atoms with van der Waals surface area (Å²) in [6.45, 7) is 7.39. The lowest BCUT2D eigenvalue weighted by molar-refractivity contribution is -0.171. The van der Waals surface area contributed by atoms with Gasteiger partial charge >= 0.3 is 11.9 Å². The molecule has 0 saturated heterocycles. The Morgan fingerprint density at radius 3 is 1.84 bits per heavy atom. The van der Waals surface area contributed by atoms with Gasteiger partial charge in [-0.2, -0.15) is 0 Å². The van der Waals surface area contributed by atoms with Crippen LogP contribution < -0.4 is 9.47 Å². The van der Waals surface area contributed by atoms with E-state index in [0.29, 0.717) is 17.1 Å². The molecule has 0 radical (unpaired) electrons. The van der Waals surface area contributed by atoms with Crippen molar-refractivity contribution < 1.29 is 28.5 Å². The van der Waals surface area contributed by atoms with E-state index < -0.39 is 17.4 Å². The van der Waals surface area contributed by atoms with Crippen LogP contribution in [0.4, 0.5) is 0 Å². The second-order valence-electron chi connectivity index (χ2n) is 5.41. The molecule has 0 aliphatic carbocycles. The van der Waals surface area contributed by atoms with Gasteiger partial charge in [0.05, 0.1) is 27.4 Å². The first-order valence-electron chi connectivity index (χ1n) is 8.14. The second-order valence-corrected chi connectivity index (χ2v) is 5.41. The Labute approximate surface area is 148 Å². The molecule has 0 aliphatic rings. The molecule has 6 nitrogen and oxygen atoms in total. The summed E-state index contributed by atoms with van der Waals surface area (Å²) in [5.41, 5.74) is -0.801. The summed E-state index contributed by atoms with van der Waals surface area (Å²) in [6.07, 6.45) is 1.71. The number of ether oxygens (including phenoxy) is 4. The van der Waals surface area contributed by atoms with Crippen molar-refractivity contribution in [1.29, 1.82) is 0 Å². The molecule has 138 valence electrons. The number of hydrogen-bond acceptors (Lipinski definition) is 6. The Hall–Kier alpha value is -2.50. The number of rotatable bonds is 10. The highest BCUT2D eigenvalue weighted by atomic mass is 16.6. The first kappa shape index (κ1) is 20.5. The van der Waals surface area contributed by atoms with Crippen LogP contribution >= 0.6 is 0 Å². The van der Waals surface area contributed by atoms with E-state index in [0.717, 1.165) is 0 Å². The molecule has 0 bridgehead atoms. The molecule has 0 aromatic heterocycles. The molecule has 1 aromatic rings. The summed E-state index contributed by atoms with van der Waals surface area (Å²) in [6, 6.07) is 5.21. The normalized spacial score (nSPS) is 10.7. The van der Waals surface area contributed by atoms with E-state index in [1.54, 1.807) is 32.0 Å². The van der Waals surface area contributed by atoms with Gasteiger partial charge in [-0.25, -0.2) is 0 Å². The topological polar surface area (TPSA) is 71.1 Å². The fourth-order valence-electron chi connectivity index (χ4n) is 2.57. The van der Waals surface area contributed by atoms with Crippen LogP contribution in [-0.2, 0) is 25.5 Å². The van der Waals surface area contributed by atoms with Crippen LogP contribution in [0.25, 0.3) is 0 Å². The van der Waals surface area contributed by atoms with E-state index in [4.69, 9.17) is 18.9 Å². The lowest BCUT2D eigenvalue weighted by atomic mass is 9.78. The SMILES string of the molecule is C=CCC(Cc1cc(OC)cc(OC)c1)(C(=O)OCC)C(=O)OCC. The number of carbonyl (C=O) groups is 2. The van der Waals surface area contributed by atoms with Crippen molar-refractivity contribution in [3.05, 3.63) is 36.4 Å². The van der Waals surface area contributed by atoms with Gasteiger partial charge in [0.1, 0.15) is 11.5 Å². The van der Waals surface area contributed by atoms with Crippen molar-refractivity contribution in [3.63, 3.8) is 0 Å². The third-order valence-corrected chi connectivity index (χ3v) is 3.74. The molecule has 0 atom stereocenters. The van der Waals surface area contributed by atoms with E-state index in [9.17, 15) is 9.59 Å². The molecule has 25 heavy (non-hydrogen) atoms. The first-order chi connectivity index (χ1) is 12.0. The van der Waals surface area contributed by atoms with Crippen molar-refractivity contribution in [2.45, 2.75) is 26.7 Å². The maximum Gasteiger partial charge on any atom is 0.324 e. The van der Waals surface area contributed by atoms with Crippen molar-refractivity contribution >= 4 is 11.9 Å². The van der Waals surface area contributed by atoms with Gasteiger partial charge in [-0.05, 0) is 44.4 Å².